The lowest BCUT2D eigenvalue weighted by Gasteiger charge is -2.18. The third-order valence-corrected chi connectivity index (χ3v) is 4.27. The fourth-order valence-electron chi connectivity index (χ4n) is 2.78. The minimum absolute atomic E-state index is 0.513. The van der Waals surface area contributed by atoms with Crippen molar-refractivity contribution in [3.8, 4) is 0 Å². The Kier molecular flexibility index (Phi) is 2.73. The number of aryl methyl sites for hydroxylation is 1. The van der Waals surface area contributed by atoms with Crippen LogP contribution in [0.4, 0.5) is 5.95 Å². The molecular weight excluding hydrogens is 224 g/mol. The average Bonchev–Trinajstić information content (AvgIpc) is 2.86. The Morgan fingerprint density at radius 2 is 2.17 bits per heavy atom. The summed E-state index contributed by atoms with van der Waals surface area (Å²) in [5, 5.41) is 7.96. The third kappa shape index (κ3) is 1.96. The van der Waals surface area contributed by atoms with E-state index in [-0.39, 0.29) is 0 Å². The van der Waals surface area contributed by atoms with Crippen LogP contribution in [0.3, 0.4) is 0 Å². The first-order valence-corrected chi connectivity index (χ1v) is 6.73. The van der Waals surface area contributed by atoms with Crippen LogP contribution in [0.15, 0.2) is 18.3 Å². The van der Waals surface area contributed by atoms with Gasteiger partial charge in [0, 0.05) is 12.2 Å². The molecule has 18 heavy (non-hydrogen) atoms. The molecule has 1 saturated carbocycles. The van der Waals surface area contributed by atoms with Gasteiger partial charge >= 0.3 is 0 Å². The van der Waals surface area contributed by atoms with E-state index in [2.05, 4.69) is 42.2 Å². The van der Waals surface area contributed by atoms with Gasteiger partial charge in [0.05, 0.1) is 0 Å². The van der Waals surface area contributed by atoms with Gasteiger partial charge in [0.15, 0.2) is 5.65 Å². The summed E-state index contributed by atoms with van der Waals surface area (Å²) >= 11 is 0. The molecule has 0 aliphatic heterocycles. The summed E-state index contributed by atoms with van der Waals surface area (Å²) in [5.74, 6) is 2.24. The molecule has 0 bridgehead atoms. The van der Waals surface area contributed by atoms with E-state index < -0.39 is 0 Å². The van der Waals surface area contributed by atoms with Gasteiger partial charge < -0.3 is 5.32 Å². The maximum Gasteiger partial charge on any atom is 0.243 e. The molecule has 0 saturated heterocycles. The number of aromatic nitrogens is 3. The highest BCUT2D eigenvalue weighted by Gasteiger charge is 2.30. The Bertz CT molecular complexity index is 560. The smallest absolute Gasteiger partial charge is 0.243 e. The molecule has 3 unspecified atom stereocenters. The maximum atomic E-state index is 4.54. The van der Waals surface area contributed by atoms with E-state index in [0.29, 0.717) is 12.0 Å². The molecule has 96 valence electrons. The Morgan fingerprint density at radius 1 is 1.33 bits per heavy atom. The normalized spacial score (nSPS) is 27.8. The van der Waals surface area contributed by atoms with Gasteiger partial charge in [-0.25, -0.2) is 4.52 Å². The van der Waals surface area contributed by atoms with Crippen molar-refractivity contribution in [2.75, 3.05) is 5.32 Å². The topological polar surface area (TPSA) is 42.2 Å². The van der Waals surface area contributed by atoms with E-state index >= 15 is 0 Å². The second-order valence-corrected chi connectivity index (χ2v) is 5.61. The molecule has 0 aromatic carbocycles. The van der Waals surface area contributed by atoms with Gasteiger partial charge in [-0.1, -0.05) is 13.8 Å². The second kappa shape index (κ2) is 4.26. The molecule has 2 aromatic rings. The summed E-state index contributed by atoms with van der Waals surface area (Å²) in [6, 6.07) is 4.61. The summed E-state index contributed by atoms with van der Waals surface area (Å²) < 4.78 is 1.83. The molecule has 0 radical (unpaired) electrons. The predicted molar refractivity (Wildman–Crippen MR) is 72.7 cm³/mol. The van der Waals surface area contributed by atoms with Crippen LogP contribution < -0.4 is 5.32 Å². The van der Waals surface area contributed by atoms with E-state index in [1.807, 2.05) is 16.8 Å². The number of hydrogen-bond acceptors (Lipinski definition) is 3. The van der Waals surface area contributed by atoms with Gasteiger partial charge in [-0.15, -0.1) is 5.10 Å². The number of nitrogens with one attached hydrogen (secondary N) is 1. The first-order chi connectivity index (χ1) is 8.63. The molecule has 1 aliphatic carbocycles. The van der Waals surface area contributed by atoms with Gasteiger partial charge in [-0.05, 0) is 49.3 Å². The average molecular weight is 244 g/mol. The number of rotatable bonds is 2. The molecule has 0 spiro atoms. The molecule has 2 heterocycles. The molecule has 4 heteroatoms. The van der Waals surface area contributed by atoms with Crippen molar-refractivity contribution in [2.45, 2.75) is 39.7 Å². The molecule has 0 amide bonds. The van der Waals surface area contributed by atoms with Crippen molar-refractivity contribution in [1.29, 1.82) is 0 Å². The van der Waals surface area contributed by atoms with Crippen LogP contribution in [0.1, 0.15) is 32.3 Å². The number of pyridine rings is 1. The summed E-state index contributed by atoms with van der Waals surface area (Å²) in [6.45, 7) is 6.71. The van der Waals surface area contributed by atoms with Crippen LogP contribution in [0.25, 0.3) is 5.65 Å². The minimum Gasteiger partial charge on any atom is -0.350 e. The van der Waals surface area contributed by atoms with Crippen LogP contribution in [-0.2, 0) is 0 Å². The summed E-state index contributed by atoms with van der Waals surface area (Å²) in [7, 11) is 0. The highest BCUT2D eigenvalue weighted by molar-refractivity contribution is 5.45. The summed E-state index contributed by atoms with van der Waals surface area (Å²) in [4.78, 5) is 4.54. The summed E-state index contributed by atoms with van der Waals surface area (Å²) in [5.41, 5.74) is 2.13. The third-order valence-electron chi connectivity index (χ3n) is 4.27. The van der Waals surface area contributed by atoms with Crippen molar-refractivity contribution in [1.82, 2.24) is 14.6 Å². The van der Waals surface area contributed by atoms with Crippen molar-refractivity contribution in [3.05, 3.63) is 23.9 Å². The number of fused-ring (bicyclic) bond motifs is 1. The SMILES string of the molecule is Cc1ccn2nc(NC3CCC(C)C3C)nc2c1. The van der Waals surface area contributed by atoms with Crippen molar-refractivity contribution >= 4 is 11.6 Å². The highest BCUT2D eigenvalue weighted by Crippen LogP contribution is 2.32. The fraction of sp³-hybridized carbons (Fsp3) is 0.571. The molecule has 4 nitrogen and oxygen atoms in total. The molecule has 2 aromatic heterocycles. The van der Waals surface area contributed by atoms with Gasteiger partial charge in [-0.3, -0.25) is 0 Å². The van der Waals surface area contributed by atoms with Gasteiger partial charge in [-0.2, -0.15) is 4.98 Å². The van der Waals surface area contributed by atoms with E-state index in [9.17, 15) is 0 Å². The first-order valence-electron chi connectivity index (χ1n) is 6.73. The predicted octanol–water partition coefficient (Wildman–Crippen LogP) is 2.88. The Morgan fingerprint density at radius 3 is 2.89 bits per heavy atom. The Hall–Kier alpha value is -1.58. The second-order valence-electron chi connectivity index (χ2n) is 5.61. The standard InChI is InChI=1S/C14H20N4/c1-9-6-7-18-13(8-9)16-14(17-18)15-12-5-4-10(2)11(12)3/h6-8,10-12H,4-5H2,1-3H3,(H,15,17). The fourth-order valence-corrected chi connectivity index (χ4v) is 2.78. The number of nitrogens with zero attached hydrogens (tertiary/aromatic N) is 3. The quantitative estimate of drug-likeness (QED) is 0.883. The van der Waals surface area contributed by atoms with Crippen LogP contribution in [0.2, 0.25) is 0 Å². The largest absolute Gasteiger partial charge is 0.350 e. The van der Waals surface area contributed by atoms with Crippen molar-refractivity contribution in [2.24, 2.45) is 11.8 Å². The van der Waals surface area contributed by atoms with Gasteiger partial charge in [0.25, 0.3) is 0 Å². The Balaban J connectivity index is 1.83. The zero-order valence-electron chi connectivity index (χ0n) is 11.2. The van der Waals surface area contributed by atoms with E-state index in [1.165, 1.54) is 18.4 Å². The monoisotopic (exact) mass is 244 g/mol. The Labute approximate surface area is 107 Å². The van der Waals surface area contributed by atoms with Crippen molar-refractivity contribution < 1.29 is 0 Å². The number of hydrogen-bond donors (Lipinski definition) is 1. The zero-order valence-corrected chi connectivity index (χ0v) is 11.2. The van der Waals surface area contributed by atoms with Gasteiger partial charge in [0.1, 0.15) is 0 Å². The number of anilines is 1. The summed E-state index contributed by atoms with van der Waals surface area (Å²) in [6.07, 6.45) is 4.48. The van der Waals surface area contributed by atoms with E-state index in [1.54, 1.807) is 0 Å². The van der Waals surface area contributed by atoms with Gasteiger partial charge in [0.2, 0.25) is 5.95 Å². The first kappa shape index (κ1) is 11.5. The molecule has 1 fully saturated rings. The zero-order chi connectivity index (χ0) is 12.7. The molecule has 1 N–H and O–H groups in total. The molecule has 3 rings (SSSR count). The van der Waals surface area contributed by atoms with Crippen LogP contribution >= 0.6 is 0 Å². The molecule has 3 atom stereocenters. The van der Waals surface area contributed by atoms with Crippen LogP contribution in [0.5, 0.6) is 0 Å². The lowest BCUT2D eigenvalue weighted by Crippen LogP contribution is -2.24. The lowest BCUT2D eigenvalue weighted by molar-refractivity contribution is 0.434. The molecule has 1 aliphatic rings. The van der Waals surface area contributed by atoms with E-state index in [4.69, 9.17) is 0 Å². The van der Waals surface area contributed by atoms with E-state index in [0.717, 1.165) is 17.5 Å². The molecular formula is C14H20N4. The lowest BCUT2D eigenvalue weighted by atomic mass is 9.98. The highest BCUT2D eigenvalue weighted by atomic mass is 15.3. The van der Waals surface area contributed by atoms with Crippen LogP contribution in [0, 0.1) is 18.8 Å². The van der Waals surface area contributed by atoms with Crippen molar-refractivity contribution in [3.63, 3.8) is 0 Å². The minimum atomic E-state index is 0.513. The maximum absolute atomic E-state index is 4.54. The van der Waals surface area contributed by atoms with Crippen LogP contribution in [-0.4, -0.2) is 20.6 Å².